The molecule has 1 amide bonds. The third-order valence-corrected chi connectivity index (χ3v) is 6.69. The van der Waals surface area contributed by atoms with Gasteiger partial charge in [-0.2, -0.15) is 0 Å². The van der Waals surface area contributed by atoms with Gasteiger partial charge in [0.05, 0.1) is 5.75 Å². The van der Waals surface area contributed by atoms with Crippen LogP contribution in [0.3, 0.4) is 0 Å². The van der Waals surface area contributed by atoms with E-state index in [1.165, 1.54) is 17.3 Å². The Labute approximate surface area is 202 Å². The summed E-state index contributed by atoms with van der Waals surface area (Å²) < 4.78 is 1.99. The van der Waals surface area contributed by atoms with Gasteiger partial charge >= 0.3 is 0 Å². The minimum atomic E-state index is 0.124. The zero-order chi connectivity index (χ0) is 23.2. The van der Waals surface area contributed by atoms with Crippen molar-refractivity contribution in [1.82, 2.24) is 34.5 Å². The minimum absolute atomic E-state index is 0.124. The number of nitrogens with zero attached hydrogens (tertiary/aromatic N) is 7. The predicted octanol–water partition coefficient (Wildman–Crippen LogP) is 3.16. The molecular weight excluding hydrogens is 446 g/mol. The number of hydrogen-bond acceptors (Lipinski definition) is 7. The molecule has 0 N–H and O–H groups in total. The number of piperazine rings is 1. The van der Waals surface area contributed by atoms with Gasteiger partial charge in [-0.05, 0) is 42.0 Å². The third-order valence-electron chi connectivity index (χ3n) is 5.77. The van der Waals surface area contributed by atoms with Crippen LogP contribution < -0.4 is 0 Å². The van der Waals surface area contributed by atoms with Crippen molar-refractivity contribution in [2.24, 2.45) is 0 Å². The molecule has 3 aromatic heterocycles. The summed E-state index contributed by atoms with van der Waals surface area (Å²) in [7, 11) is 0. The van der Waals surface area contributed by atoms with Crippen LogP contribution in [0.15, 0.2) is 84.5 Å². The number of carbonyl (C=O) groups is 1. The van der Waals surface area contributed by atoms with Gasteiger partial charge in [0.15, 0.2) is 11.0 Å². The second kappa shape index (κ2) is 10.6. The van der Waals surface area contributed by atoms with Crippen molar-refractivity contribution in [3.05, 3.63) is 84.9 Å². The first kappa shape index (κ1) is 22.2. The summed E-state index contributed by atoms with van der Waals surface area (Å²) in [5.41, 5.74) is 3.07. The van der Waals surface area contributed by atoms with Crippen molar-refractivity contribution >= 4 is 17.7 Å². The van der Waals surface area contributed by atoms with Gasteiger partial charge in [-0.3, -0.25) is 24.2 Å². The van der Waals surface area contributed by atoms with E-state index in [9.17, 15) is 4.79 Å². The molecule has 9 heteroatoms. The largest absolute Gasteiger partial charge is 0.339 e. The number of pyridine rings is 2. The van der Waals surface area contributed by atoms with E-state index in [-0.39, 0.29) is 5.91 Å². The minimum Gasteiger partial charge on any atom is -0.339 e. The summed E-state index contributed by atoms with van der Waals surface area (Å²) >= 11 is 1.42. The molecule has 0 bridgehead atoms. The van der Waals surface area contributed by atoms with Gasteiger partial charge < -0.3 is 4.90 Å². The van der Waals surface area contributed by atoms with Crippen LogP contribution in [0.5, 0.6) is 0 Å². The zero-order valence-electron chi connectivity index (χ0n) is 18.7. The molecule has 1 fully saturated rings. The number of rotatable bonds is 7. The van der Waals surface area contributed by atoms with E-state index in [2.05, 4.69) is 25.1 Å². The van der Waals surface area contributed by atoms with Gasteiger partial charge in [-0.1, -0.05) is 30.0 Å². The van der Waals surface area contributed by atoms with Crippen LogP contribution in [0.2, 0.25) is 0 Å². The smallest absolute Gasteiger partial charge is 0.233 e. The predicted molar refractivity (Wildman–Crippen MR) is 131 cm³/mol. The first-order chi connectivity index (χ1) is 16.8. The molecule has 1 aromatic carbocycles. The molecule has 0 saturated carbocycles. The molecule has 5 rings (SSSR count). The lowest BCUT2D eigenvalue weighted by Gasteiger charge is -2.34. The quantitative estimate of drug-likeness (QED) is 0.383. The summed E-state index contributed by atoms with van der Waals surface area (Å²) in [6, 6.07) is 17.9. The van der Waals surface area contributed by atoms with Crippen molar-refractivity contribution in [2.45, 2.75) is 11.7 Å². The highest BCUT2D eigenvalue weighted by molar-refractivity contribution is 7.99. The normalized spacial score (nSPS) is 14.3. The van der Waals surface area contributed by atoms with Crippen molar-refractivity contribution in [3.63, 3.8) is 0 Å². The van der Waals surface area contributed by atoms with Crippen LogP contribution in [-0.4, -0.2) is 72.4 Å². The van der Waals surface area contributed by atoms with E-state index in [0.717, 1.165) is 44.0 Å². The van der Waals surface area contributed by atoms with E-state index in [0.29, 0.717) is 16.7 Å². The summed E-state index contributed by atoms with van der Waals surface area (Å²) in [6.07, 6.45) is 7.15. The topological polar surface area (TPSA) is 80.0 Å². The summed E-state index contributed by atoms with van der Waals surface area (Å²) in [5, 5.41) is 9.52. The highest BCUT2D eigenvalue weighted by atomic mass is 32.2. The van der Waals surface area contributed by atoms with Crippen LogP contribution in [0.25, 0.3) is 17.1 Å². The standard InChI is InChI=1S/C25H25N7OS/c33-23(31-15-13-30(14-16-31)18-20-8-11-26-12-9-20)19-34-25-29-28-24(21-5-4-10-27-17-21)32(25)22-6-2-1-3-7-22/h1-12,17H,13-16,18-19H2. The third kappa shape index (κ3) is 5.16. The van der Waals surface area contributed by atoms with Crippen LogP contribution >= 0.6 is 11.8 Å². The van der Waals surface area contributed by atoms with Crippen LogP contribution in [-0.2, 0) is 11.3 Å². The molecule has 8 nitrogen and oxygen atoms in total. The molecule has 1 saturated heterocycles. The summed E-state index contributed by atoms with van der Waals surface area (Å²) in [5.74, 6) is 1.15. The lowest BCUT2D eigenvalue weighted by atomic mass is 10.2. The Morgan fingerprint density at radius 1 is 0.853 bits per heavy atom. The molecule has 0 aliphatic carbocycles. The fourth-order valence-electron chi connectivity index (χ4n) is 3.97. The van der Waals surface area contributed by atoms with Crippen LogP contribution in [0, 0.1) is 0 Å². The SMILES string of the molecule is O=C(CSc1nnc(-c2cccnc2)n1-c1ccccc1)N1CCN(Cc2ccncc2)CC1. The van der Waals surface area contributed by atoms with E-state index in [1.54, 1.807) is 12.4 Å². The van der Waals surface area contributed by atoms with Gasteiger partial charge in [-0.15, -0.1) is 10.2 Å². The lowest BCUT2D eigenvalue weighted by molar-refractivity contribution is -0.130. The van der Waals surface area contributed by atoms with Gasteiger partial charge in [0, 0.05) is 68.8 Å². The second-order valence-electron chi connectivity index (χ2n) is 8.02. The highest BCUT2D eigenvalue weighted by Crippen LogP contribution is 2.27. The molecule has 1 aliphatic heterocycles. The van der Waals surface area contributed by atoms with Crippen molar-refractivity contribution < 1.29 is 4.79 Å². The number of benzene rings is 1. The number of amides is 1. The maximum absolute atomic E-state index is 13.0. The Morgan fingerprint density at radius 3 is 2.38 bits per heavy atom. The van der Waals surface area contributed by atoms with Crippen molar-refractivity contribution in [1.29, 1.82) is 0 Å². The molecule has 0 atom stereocenters. The van der Waals surface area contributed by atoms with Gasteiger partial charge in [0.2, 0.25) is 5.91 Å². The Morgan fingerprint density at radius 2 is 1.65 bits per heavy atom. The fourth-order valence-corrected chi connectivity index (χ4v) is 4.83. The number of hydrogen-bond donors (Lipinski definition) is 0. The van der Waals surface area contributed by atoms with Gasteiger partial charge in [0.1, 0.15) is 0 Å². The van der Waals surface area contributed by atoms with E-state index in [4.69, 9.17) is 0 Å². The number of aromatic nitrogens is 5. The maximum atomic E-state index is 13.0. The molecule has 0 unspecified atom stereocenters. The van der Waals surface area contributed by atoms with E-state index >= 15 is 0 Å². The molecule has 172 valence electrons. The van der Waals surface area contributed by atoms with Crippen LogP contribution in [0.1, 0.15) is 5.56 Å². The summed E-state index contributed by atoms with van der Waals surface area (Å²) in [6.45, 7) is 4.08. The highest BCUT2D eigenvalue weighted by Gasteiger charge is 2.23. The van der Waals surface area contributed by atoms with Crippen molar-refractivity contribution in [2.75, 3.05) is 31.9 Å². The number of carbonyl (C=O) groups excluding carboxylic acids is 1. The lowest BCUT2D eigenvalue weighted by Crippen LogP contribution is -2.48. The Hall–Kier alpha value is -3.56. The van der Waals surface area contributed by atoms with E-state index in [1.807, 2.05) is 76.5 Å². The Kier molecular flexibility index (Phi) is 6.92. The summed E-state index contributed by atoms with van der Waals surface area (Å²) in [4.78, 5) is 25.6. The van der Waals surface area contributed by atoms with E-state index < -0.39 is 0 Å². The Balaban J connectivity index is 1.24. The average molecular weight is 472 g/mol. The monoisotopic (exact) mass is 471 g/mol. The molecular formula is C25H25N7OS. The zero-order valence-corrected chi connectivity index (χ0v) is 19.5. The second-order valence-corrected chi connectivity index (χ2v) is 8.96. The molecule has 4 aromatic rings. The first-order valence-electron chi connectivity index (χ1n) is 11.2. The van der Waals surface area contributed by atoms with Crippen molar-refractivity contribution in [3.8, 4) is 17.1 Å². The number of para-hydroxylation sites is 1. The van der Waals surface area contributed by atoms with Gasteiger partial charge in [0.25, 0.3) is 0 Å². The average Bonchev–Trinajstić information content (AvgIpc) is 3.33. The molecule has 34 heavy (non-hydrogen) atoms. The maximum Gasteiger partial charge on any atom is 0.233 e. The molecule has 4 heterocycles. The van der Waals surface area contributed by atoms with Crippen LogP contribution in [0.4, 0.5) is 0 Å². The number of thioether (sulfide) groups is 1. The molecule has 0 spiro atoms. The Bertz CT molecular complexity index is 1210. The molecule has 0 radical (unpaired) electrons. The van der Waals surface area contributed by atoms with Gasteiger partial charge in [-0.25, -0.2) is 0 Å². The first-order valence-corrected chi connectivity index (χ1v) is 12.2. The molecule has 1 aliphatic rings. The fraction of sp³-hybridized carbons (Fsp3) is 0.240.